The molecule has 2 saturated heterocycles. The lowest BCUT2D eigenvalue weighted by atomic mass is 10.1. The summed E-state index contributed by atoms with van der Waals surface area (Å²) >= 11 is 0. The number of likely N-dealkylation sites (tertiary alicyclic amines) is 1. The van der Waals surface area contributed by atoms with Crippen LogP contribution in [0.2, 0.25) is 0 Å². The maximum Gasteiger partial charge on any atom is 0.228 e. The molecule has 0 spiro atoms. The largest absolute Gasteiger partial charge is 0.341 e. The van der Waals surface area contributed by atoms with Crippen LogP contribution in [-0.4, -0.2) is 65.1 Å². The molecule has 2 aliphatic heterocycles. The molecule has 0 radical (unpaired) electrons. The Bertz CT molecular complexity index is 717. The second kappa shape index (κ2) is 7.71. The summed E-state index contributed by atoms with van der Waals surface area (Å²) < 4.78 is 0. The van der Waals surface area contributed by atoms with Crippen molar-refractivity contribution < 1.29 is 14.4 Å². The van der Waals surface area contributed by atoms with E-state index in [4.69, 9.17) is 0 Å². The summed E-state index contributed by atoms with van der Waals surface area (Å²) in [6.07, 6.45) is 3.14. The predicted molar refractivity (Wildman–Crippen MR) is 100 cm³/mol. The first-order chi connectivity index (χ1) is 13.1. The maximum absolute atomic E-state index is 13.0. The van der Waals surface area contributed by atoms with Gasteiger partial charge in [-0.3, -0.25) is 14.4 Å². The van der Waals surface area contributed by atoms with Crippen LogP contribution >= 0.6 is 0 Å². The fourth-order valence-corrected chi connectivity index (χ4v) is 4.10. The molecule has 1 aliphatic carbocycles. The van der Waals surface area contributed by atoms with Crippen LogP contribution in [0.5, 0.6) is 0 Å². The van der Waals surface area contributed by atoms with Crippen LogP contribution in [0.1, 0.15) is 31.2 Å². The smallest absolute Gasteiger partial charge is 0.228 e. The molecule has 1 aromatic rings. The van der Waals surface area contributed by atoms with E-state index in [9.17, 15) is 14.4 Å². The van der Waals surface area contributed by atoms with E-state index in [0.29, 0.717) is 39.1 Å². The number of rotatable bonds is 4. The first-order valence-corrected chi connectivity index (χ1v) is 10.0. The first-order valence-electron chi connectivity index (χ1n) is 10.0. The van der Waals surface area contributed by atoms with Gasteiger partial charge in [0.1, 0.15) is 0 Å². The minimum atomic E-state index is -0.258. The number of benzene rings is 1. The summed E-state index contributed by atoms with van der Waals surface area (Å²) in [7, 11) is 0. The fraction of sp³-hybridized carbons (Fsp3) is 0.571. The van der Waals surface area contributed by atoms with E-state index in [2.05, 4.69) is 0 Å². The van der Waals surface area contributed by atoms with Gasteiger partial charge in [0.25, 0.3) is 0 Å². The van der Waals surface area contributed by atoms with Gasteiger partial charge in [0.15, 0.2) is 0 Å². The van der Waals surface area contributed by atoms with E-state index >= 15 is 0 Å². The minimum absolute atomic E-state index is 0.0533. The molecule has 0 aromatic heterocycles. The van der Waals surface area contributed by atoms with Crippen LogP contribution in [-0.2, 0) is 20.9 Å². The monoisotopic (exact) mass is 369 g/mol. The van der Waals surface area contributed by atoms with Crippen molar-refractivity contribution in [3.63, 3.8) is 0 Å². The Morgan fingerprint density at radius 1 is 0.889 bits per heavy atom. The zero-order valence-corrected chi connectivity index (χ0v) is 15.7. The van der Waals surface area contributed by atoms with E-state index < -0.39 is 0 Å². The van der Waals surface area contributed by atoms with Gasteiger partial charge in [-0.2, -0.15) is 0 Å². The topological polar surface area (TPSA) is 60.9 Å². The molecule has 1 aromatic carbocycles. The van der Waals surface area contributed by atoms with Gasteiger partial charge < -0.3 is 14.7 Å². The van der Waals surface area contributed by atoms with Gasteiger partial charge in [-0.25, -0.2) is 0 Å². The highest BCUT2D eigenvalue weighted by molar-refractivity contribution is 5.89. The molecular formula is C21H27N3O3. The lowest BCUT2D eigenvalue weighted by Gasteiger charge is -2.24. The lowest BCUT2D eigenvalue weighted by molar-refractivity contribution is -0.136. The fourth-order valence-electron chi connectivity index (χ4n) is 4.10. The molecule has 0 bridgehead atoms. The summed E-state index contributed by atoms with van der Waals surface area (Å²) in [4.78, 5) is 43.2. The van der Waals surface area contributed by atoms with Gasteiger partial charge in [0, 0.05) is 51.6 Å². The van der Waals surface area contributed by atoms with Gasteiger partial charge >= 0.3 is 0 Å². The number of carbonyl (C=O) groups is 3. The second-order valence-corrected chi connectivity index (χ2v) is 7.94. The van der Waals surface area contributed by atoms with Gasteiger partial charge in [-0.05, 0) is 24.8 Å². The molecule has 3 amide bonds. The highest BCUT2D eigenvalue weighted by atomic mass is 16.2. The molecular weight excluding hydrogens is 342 g/mol. The summed E-state index contributed by atoms with van der Waals surface area (Å²) in [6, 6.07) is 9.89. The van der Waals surface area contributed by atoms with Crippen LogP contribution in [0, 0.1) is 11.8 Å². The quantitative estimate of drug-likeness (QED) is 0.808. The third-order valence-corrected chi connectivity index (χ3v) is 5.83. The third kappa shape index (κ3) is 4.15. The van der Waals surface area contributed by atoms with Crippen molar-refractivity contribution in [2.45, 2.75) is 32.2 Å². The molecule has 4 rings (SSSR count). The Kier molecular flexibility index (Phi) is 5.14. The second-order valence-electron chi connectivity index (χ2n) is 7.94. The Labute approximate surface area is 160 Å². The van der Waals surface area contributed by atoms with Gasteiger partial charge in [0.2, 0.25) is 17.7 Å². The molecule has 6 nitrogen and oxygen atoms in total. The Morgan fingerprint density at radius 2 is 1.52 bits per heavy atom. The Morgan fingerprint density at radius 3 is 2.15 bits per heavy atom. The molecule has 3 aliphatic rings. The van der Waals surface area contributed by atoms with Crippen LogP contribution in [0.15, 0.2) is 30.3 Å². The molecule has 1 unspecified atom stereocenters. The van der Waals surface area contributed by atoms with Crippen molar-refractivity contribution in [3.8, 4) is 0 Å². The normalized spacial score (nSPS) is 23.5. The molecule has 144 valence electrons. The molecule has 1 saturated carbocycles. The van der Waals surface area contributed by atoms with E-state index in [1.807, 2.05) is 40.1 Å². The average molecular weight is 369 g/mol. The van der Waals surface area contributed by atoms with Gasteiger partial charge in [0.05, 0.1) is 5.92 Å². The third-order valence-electron chi connectivity index (χ3n) is 5.83. The van der Waals surface area contributed by atoms with E-state index in [1.54, 1.807) is 4.90 Å². The SMILES string of the molecule is O=C1CC(C(=O)N2CCCN(C(=O)C3CC3)CC2)CN1Cc1ccccc1. The number of hydrogen-bond donors (Lipinski definition) is 0. The number of carbonyl (C=O) groups excluding carboxylic acids is 3. The standard InChI is InChI=1S/C21H27N3O3/c25-19-13-18(15-24(19)14-16-5-2-1-3-6-16)21(27)23-10-4-9-22(11-12-23)20(26)17-7-8-17/h1-3,5-6,17-18H,4,7-15H2. The highest BCUT2D eigenvalue weighted by Crippen LogP contribution is 2.31. The zero-order valence-electron chi connectivity index (χ0n) is 15.7. The van der Waals surface area contributed by atoms with E-state index in [1.165, 1.54) is 0 Å². The minimum Gasteiger partial charge on any atom is -0.341 e. The summed E-state index contributed by atoms with van der Waals surface area (Å²) in [5, 5.41) is 0. The Balaban J connectivity index is 1.32. The van der Waals surface area contributed by atoms with Crippen molar-refractivity contribution in [2.24, 2.45) is 11.8 Å². The summed E-state index contributed by atoms with van der Waals surface area (Å²) in [6.45, 7) is 3.68. The Hall–Kier alpha value is -2.37. The van der Waals surface area contributed by atoms with Crippen molar-refractivity contribution >= 4 is 17.7 Å². The zero-order chi connectivity index (χ0) is 18.8. The highest BCUT2D eigenvalue weighted by Gasteiger charge is 2.38. The molecule has 3 fully saturated rings. The van der Waals surface area contributed by atoms with Crippen LogP contribution in [0.25, 0.3) is 0 Å². The van der Waals surface area contributed by atoms with Crippen molar-refractivity contribution in [3.05, 3.63) is 35.9 Å². The molecule has 2 heterocycles. The maximum atomic E-state index is 13.0. The molecule has 6 heteroatoms. The lowest BCUT2D eigenvalue weighted by Crippen LogP contribution is -2.41. The van der Waals surface area contributed by atoms with Crippen LogP contribution in [0.3, 0.4) is 0 Å². The predicted octanol–water partition coefficient (Wildman–Crippen LogP) is 1.51. The van der Waals surface area contributed by atoms with Crippen LogP contribution in [0.4, 0.5) is 0 Å². The molecule has 0 N–H and O–H groups in total. The number of amides is 3. The number of nitrogens with zero attached hydrogens (tertiary/aromatic N) is 3. The van der Waals surface area contributed by atoms with Gasteiger partial charge in [-0.15, -0.1) is 0 Å². The van der Waals surface area contributed by atoms with E-state index in [0.717, 1.165) is 31.4 Å². The van der Waals surface area contributed by atoms with Gasteiger partial charge in [-0.1, -0.05) is 30.3 Å². The first kappa shape index (κ1) is 18.0. The summed E-state index contributed by atoms with van der Waals surface area (Å²) in [5.41, 5.74) is 1.09. The number of hydrogen-bond acceptors (Lipinski definition) is 3. The van der Waals surface area contributed by atoms with Crippen molar-refractivity contribution in [1.82, 2.24) is 14.7 Å². The van der Waals surface area contributed by atoms with Crippen molar-refractivity contribution in [2.75, 3.05) is 32.7 Å². The summed E-state index contributed by atoms with van der Waals surface area (Å²) in [5.74, 6) is 0.352. The van der Waals surface area contributed by atoms with Crippen LogP contribution < -0.4 is 0 Å². The molecule has 1 atom stereocenters. The average Bonchev–Trinajstić information content (AvgIpc) is 3.49. The molecule has 27 heavy (non-hydrogen) atoms. The van der Waals surface area contributed by atoms with E-state index in [-0.39, 0.29) is 29.6 Å². The van der Waals surface area contributed by atoms with Crippen molar-refractivity contribution in [1.29, 1.82) is 0 Å².